The van der Waals surface area contributed by atoms with Gasteiger partial charge < -0.3 is 14.1 Å². The zero-order valence-corrected chi connectivity index (χ0v) is 18.2. The molecule has 144 valence electrons. The van der Waals surface area contributed by atoms with Gasteiger partial charge in [-0.3, -0.25) is 0 Å². The molecular formula is C21H29N3O2Si. The Labute approximate surface area is 165 Å². The van der Waals surface area contributed by atoms with E-state index in [4.69, 9.17) is 4.43 Å². The molecule has 2 rings (SSSR count). The quantitative estimate of drug-likeness (QED) is 0.759. The minimum Gasteiger partial charge on any atom is -0.406 e. The standard InChI is InChI=1S/C21H29N3O2Si/c1-19(2,3)27-26-21(6,7)17-13-23-14-24(17)18(20(4,5)25)16-11-9-8-10-15(16)12-22/h8-11,13-14,18,25H,1-7H3. The highest BCUT2D eigenvalue weighted by Crippen LogP contribution is 2.37. The Morgan fingerprint density at radius 1 is 1.15 bits per heavy atom. The van der Waals surface area contributed by atoms with E-state index >= 15 is 0 Å². The van der Waals surface area contributed by atoms with Crippen molar-refractivity contribution in [3.05, 3.63) is 53.6 Å². The fraction of sp³-hybridized carbons (Fsp3) is 0.524. The molecule has 6 heteroatoms. The van der Waals surface area contributed by atoms with E-state index in [-0.39, 0.29) is 5.04 Å². The highest BCUT2D eigenvalue weighted by Gasteiger charge is 2.37. The number of imidazole rings is 1. The van der Waals surface area contributed by atoms with E-state index in [2.05, 4.69) is 31.8 Å². The van der Waals surface area contributed by atoms with Gasteiger partial charge in [0.05, 0.1) is 47.1 Å². The van der Waals surface area contributed by atoms with Crippen LogP contribution in [-0.2, 0) is 10.0 Å². The molecule has 0 saturated carbocycles. The lowest BCUT2D eigenvalue weighted by atomic mass is 9.88. The molecule has 1 unspecified atom stereocenters. The van der Waals surface area contributed by atoms with Crippen molar-refractivity contribution in [1.82, 2.24) is 9.55 Å². The zero-order chi connectivity index (χ0) is 20.5. The Morgan fingerprint density at radius 3 is 2.33 bits per heavy atom. The molecule has 1 heterocycles. The van der Waals surface area contributed by atoms with Crippen molar-refractivity contribution >= 4 is 9.76 Å². The van der Waals surface area contributed by atoms with Crippen LogP contribution in [0.25, 0.3) is 0 Å². The van der Waals surface area contributed by atoms with Crippen LogP contribution < -0.4 is 0 Å². The van der Waals surface area contributed by atoms with Crippen LogP contribution >= 0.6 is 0 Å². The average Bonchev–Trinajstić information content (AvgIpc) is 3.02. The third kappa shape index (κ3) is 5.07. The molecule has 2 radical (unpaired) electrons. The van der Waals surface area contributed by atoms with Crippen molar-refractivity contribution in [2.24, 2.45) is 0 Å². The lowest BCUT2D eigenvalue weighted by Crippen LogP contribution is -2.38. The lowest BCUT2D eigenvalue weighted by Gasteiger charge is -2.36. The summed E-state index contributed by atoms with van der Waals surface area (Å²) in [5, 5.41) is 20.6. The first-order valence-corrected chi connectivity index (χ1v) is 9.96. The summed E-state index contributed by atoms with van der Waals surface area (Å²) in [5.41, 5.74) is 0.470. The second-order valence-electron chi connectivity index (χ2n) is 8.91. The van der Waals surface area contributed by atoms with Crippen molar-refractivity contribution in [2.75, 3.05) is 0 Å². The Balaban J connectivity index is 2.55. The number of rotatable bonds is 6. The molecule has 0 aliphatic carbocycles. The summed E-state index contributed by atoms with van der Waals surface area (Å²) < 4.78 is 8.19. The monoisotopic (exact) mass is 383 g/mol. The molecule has 1 aromatic carbocycles. The molecule has 27 heavy (non-hydrogen) atoms. The normalized spacial score (nSPS) is 14.0. The molecule has 5 nitrogen and oxygen atoms in total. The number of hydrogen-bond donors (Lipinski definition) is 1. The second kappa shape index (κ2) is 7.59. The van der Waals surface area contributed by atoms with E-state index in [0.29, 0.717) is 15.3 Å². The van der Waals surface area contributed by atoms with Gasteiger partial charge in [0, 0.05) is 0 Å². The minimum atomic E-state index is -1.11. The van der Waals surface area contributed by atoms with E-state index in [1.165, 1.54) is 0 Å². The van der Waals surface area contributed by atoms with Gasteiger partial charge >= 0.3 is 0 Å². The highest BCUT2D eigenvalue weighted by molar-refractivity contribution is 6.31. The van der Waals surface area contributed by atoms with Gasteiger partial charge in [-0.2, -0.15) is 5.26 Å². The van der Waals surface area contributed by atoms with E-state index in [1.807, 2.05) is 36.6 Å². The summed E-state index contributed by atoms with van der Waals surface area (Å²) in [4.78, 5) is 4.34. The molecule has 0 aliphatic heterocycles. The minimum absolute atomic E-state index is 0.0607. The molecular weight excluding hydrogens is 354 g/mol. The summed E-state index contributed by atoms with van der Waals surface area (Å²) >= 11 is 0. The van der Waals surface area contributed by atoms with Gasteiger partial charge in [0.25, 0.3) is 0 Å². The Bertz CT molecular complexity index is 823. The van der Waals surface area contributed by atoms with Gasteiger partial charge in [0.15, 0.2) is 0 Å². The van der Waals surface area contributed by atoms with Gasteiger partial charge in [0.1, 0.15) is 0 Å². The molecule has 0 aliphatic rings. The maximum atomic E-state index is 11.0. The molecule has 1 N–H and O–H groups in total. The third-order valence-corrected chi connectivity index (χ3v) is 5.44. The Kier molecular flexibility index (Phi) is 6.00. The van der Waals surface area contributed by atoms with Gasteiger partial charge in [-0.05, 0) is 44.4 Å². The van der Waals surface area contributed by atoms with Crippen LogP contribution in [0.4, 0.5) is 0 Å². The van der Waals surface area contributed by atoms with Crippen LogP contribution in [-0.4, -0.2) is 30.0 Å². The lowest BCUT2D eigenvalue weighted by molar-refractivity contribution is 0.0303. The SMILES string of the molecule is CC(C)(C)[Si]OC(C)(C)c1cncn1C(c1ccccc1C#N)C(C)(C)O. The largest absolute Gasteiger partial charge is 0.406 e. The second-order valence-corrected chi connectivity index (χ2v) is 10.8. The van der Waals surface area contributed by atoms with Gasteiger partial charge in [-0.1, -0.05) is 39.0 Å². The van der Waals surface area contributed by atoms with Gasteiger partial charge in [0.2, 0.25) is 9.76 Å². The number of hydrogen-bond acceptors (Lipinski definition) is 4. The van der Waals surface area contributed by atoms with Crippen molar-refractivity contribution in [2.45, 2.75) is 70.7 Å². The first-order valence-electron chi connectivity index (χ1n) is 9.06. The maximum Gasteiger partial charge on any atom is 0.237 e. The van der Waals surface area contributed by atoms with Crippen LogP contribution in [0, 0.1) is 11.3 Å². The zero-order valence-electron chi connectivity index (χ0n) is 17.2. The smallest absolute Gasteiger partial charge is 0.237 e. The third-order valence-electron chi connectivity index (χ3n) is 4.22. The van der Waals surface area contributed by atoms with E-state index in [1.54, 1.807) is 32.4 Å². The van der Waals surface area contributed by atoms with E-state index in [9.17, 15) is 10.4 Å². The van der Waals surface area contributed by atoms with Gasteiger partial charge in [-0.15, -0.1) is 0 Å². The Morgan fingerprint density at radius 2 is 1.78 bits per heavy atom. The van der Waals surface area contributed by atoms with Crippen molar-refractivity contribution in [3.63, 3.8) is 0 Å². The van der Waals surface area contributed by atoms with E-state index in [0.717, 1.165) is 11.3 Å². The van der Waals surface area contributed by atoms with Crippen molar-refractivity contribution < 1.29 is 9.53 Å². The van der Waals surface area contributed by atoms with Gasteiger partial charge in [-0.25, -0.2) is 4.98 Å². The van der Waals surface area contributed by atoms with Crippen molar-refractivity contribution in [3.8, 4) is 6.07 Å². The predicted octanol–water partition coefficient (Wildman–Crippen LogP) is 4.20. The predicted molar refractivity (Wildman–Crippen MR) is 107 cm³/mol. The molecule has 1 atom stereocenters. The molecule has 1 aromatic heterocycles. The summed E-state index contributed by atoms with van der Waals surface area (Å²) in [6.45, 7) is 13.9. The average molecular weight is 384 g/mol. The fourth-order valence-electron chi connectivity index (χ4n) is 3.02. The first-order chi connectivity index (χ1) is 12.4. The Hall–Kier alpha value is -1.94. The number of benzene rings is 1. The van der Waals surface area contributed by atoms with E-state index < -0.39 is 17.2 Å². The molecule has 0 bridgehead atoms. The number of aromatic nitrogens is 2. The van der Waals surface area contributed by atoms with Crippen LogP contribution in [0.15, 0.2) is 36.8 Å². The summed E-state index contributed by atoms with van der Waals surface area (Å²) in [6.07, 6.45) is 3.48. The summed E-state index contributed by atoms with van der Waals surface area (Å²) in [7, 11) is 0.316. The fourth-order valence-corrected chi connectivity index (χ4v) is 3.68. The van der Waals surface area contributed by atoms with Crippen LogP contribution in [0.1, 0.15) is 71.3 Å². The summed E-state index contributed by atoms with van der Waals surface area (Å²) in [6, 6.07) is 9.14. The molecule has 0 saturated heterocycles. The molecule has 0 amide bonds. The first kappa shape index (κ1) is 21.4. The molecule has 0 spiro atoms. The summed E-state index contributed by atoms with van der Waals surface area (Å²) in [5.74, 6) is 0. The number of aliphatic hydroxyl groups is 1. The molecule has 2 aromatic rings. The highest BCUT2D eigenvalue weighted by atomic mass is 28.2. The number of nitrogens with zero attached hydrogens (tertiary/aromatic N) is 3. The van der Waals surface area contributed by atoms with Crippen molar-refractivity contribution in [1.29, 1.82) is 5.26 Å². The van der Waals surface area contributed by atoms with Crippen LogP contribution in [0.2, 0.25) is 5.04 Å². The topological polar surface area (TPSA) is 71.1 Å². The molecule has 0 fully saturated rings. The number of nitriles is 1. The maximum absolute atomic E-state index is 11.0. The van der Waals surface area contributed by atoms with Crippen LogP contribution in [0.3, 0.4) is 0 Å². The van der Waals surface area contributed by atoms with Crippen LogP contribution in [0.5, 0.6) is 0 Å².